The van der Waals surface area contributed by atoms with Crippen LogP contribution in [0.3, 0.4) is 0 Å². The van der Waals surface area contributed by atoms with E-state index >= 15 is 0 Å². The molecule has 0 spiro atoms. The molecule has 0 saturated heterocycles. The number of allylic oxidation sites excluding steroid dienone is 2. The molecule has 4 N–H and O–H groups in total. The van der Waals surface area contributed by atoms with Crippen LogP contribution in [0.4, 0.5) is 30.6 Å². The van der Waals surface area contributed by atoms with Crippen LogP contribution < -0.4 is 30.7 Å². The fourth-order valence-electron chi connectivity index (χ4n) is 6.28. The van der Waals surface area contributed by atoms with E-state index in [4.69, 9.17) is 37.9 Å². The van der Waals surface area contributed by atoms with Gasteiger partial charge < -0.3 is 48.5 Å². The first-order valence-electron chi connectivity index (χ1n) is 24.4. The van der Waals surface area contributed by atoms with Crippen LogP contribution in [0.5, 0.6) is 11.5 Å². The number of hydrogen-bond acceptors (Lipinski definition) is 14. The Morgan fingerprint density at radius 2 is 0.766 bits per heavy atom. The van der Waals surface area contributed by atoms with Crippen molar-refractivity contribution in [3.05, 3.63) is 193 Å². The molecule has 0 unspecified atom stereocenters. The van der Waals surface area contributed by atoms with Crippen molar-refractivity contribution in [1.82, 2.24) is 10.6 Å². The van der Waals surface area contributed by atoms with Crippen LogP contribution in [0.1, 0.15) is 70.2 Å². The molecule has 0 radical (unpaired) electrons. The van der Waals surface area contributed by atoms with Crippen molar-refractivity contribution in [3.8, 4) is 11.5 Å². The summed E-state index contributed by atoms with van der Waals surface area (Å²) in [6.07, 6.45) is -0.994. The number of ether oxygens (including phenoxy) is 8. The molecule has 4 amide bonds. The molecule has 18 nitrogen and oxygen atoms in total. The fourth-order valence-corrected chi connectivity index (χ4v) is 6.28. The standard InChI is InChI=1S/C30H36N2O8.C29H34N2O6/c1-7-30(6,22-8-12-24(13-9-22)39-28(35)31-16-18-37-26(33)20(2)3)23-10-14-25(15-11-23)40-29(36)32-17-19-38-27(34)21(4)5;1-20(2)22(5)34-15-17-36-28(32)30-26-11-7-24(8-12-26)19-25-9-13-27(14-10-25)31-29(33)37-18-16-35-23(6)21(3)4/h8-15H,2,4,7,16-19H2,1,3,5-6H3,(H,31,35)(H,32,36);7-14H,1,3,5-6,15-19H2,2,4H3,(H,30,32)(H,31,33). The Bertz CT molecular complexity index is 2530. The van der Waals surface area contributed by atoms with Gasteiger partial charge in [0.05, 0.1) is 13.1 Å². The summed E-state index contributed by atoms with van der Waals surface area (Å²) in [5.41, 5.74) is 7.02. The second kappa shape index (κ2) is 32.3. The second-order valence-corrected chi connectivity index (χ2v) is 17.4. The third-order valence-corrected chi connectivity index (χ3v) is 11.0. The van der Waals surface area contributed by atoms with Crippen molar-refractivity contribution in [2.45, 2.75) is 59.8 Å². The maximum Gasteiger partial charge on any atom is 0.412 e. The van der Waals surface area contributed by atoms with Crippen molar-refractivity contribution in [2.24, 2.45) is 0 Å². The summed E-state index contributed by atoms with van der Waals surface area (Å²) >= 11 is 0. The highest BCUT2D eigenvalue weighted by molar-refractivity contribution is 5.87. The number of amides is 4. The molecule has 4 aromatic carbocycles. The van der Waals surface area contributed by atoms with E-state index < -0.39 is 36.3 Å². The third-order valence-electron chi connectivity index (χ3n) is 11.0. The van der Waals surface area contributed by atoms with E-state index in [1.807, 2.05) is 48.5 Å². The molecule has 0 atom stereocenters. The smallest absolute Gasteiger partial charge is 0.412 e. The van der Waals surface area contributed by atoms with E-state index in [1.165, 1.54) is 0 Å². The molecule has 0 aliphatic carbocycles. The monoisotopic (exact) mass is 1060 g/mol. The number of carbonyl (C=O) groups is 6. The van der Waals surface area contributed by atoms with Crippen LogP contribution in [0, 0.1) is 0 Å². The normalized spacial score (nSPS) is 10.3. The lowest BCUT2D eigenvalue weighted by atomic mass is 9.74. The van der Waals surface area contributed by atoms with Crippen LogP contribution in [0.2, 0.25) is 0 Å². The first-order valence-corrected chi connectivity index (χ1v) is 24.4. The Morgan fingerprint density at radius 3 is 1.08 bits per heavy atom. The molecule has 0 aromatic heterocycles. The number of hydrogen-bond donors (Lipinski definition) is 4. The highest BCUT2D eigenvalue weighted by Gasteiger charge is 2.27. The maximum absolute atomic E-state index is 12.0. The van der Waals surface area contributed by atoms with E-state index in [0.717, 1.165) is 39.8 Å². The summed E-state index contributed by atoms with van der Waals surface area (Å²) in [5, 5.41) is 10.4. The van der Waals surface area contributed by atoms with Gasteiger partial charge in [0, 0.05) is 27.9 Å². The van der Waals surface area contributed by atoms with Crippen LogP contribution in [-0.2, 0) is 49.8 Å². The van der Waals surface area contributed by atoms with Gasteiger partial charge in [0.15, 0.2) is 0 Å². The molecule has 0 fully saturated rings. The second-order valence-electron chi connectivity index (χ2n) is 17.4. The van der Waals surface area contributed by atoms with Crippen LogP contribution >= 0.6 is 0 Å². The molecule has 4 rings (SSSR count). The number of anilines is 2. The lowest BCUT2D eigenvalue weighted by Gasteiger charge is -2.30. The first-order chi connectivity index (χ1) is 36.6. The average molecular weight is 1060 g/mol. The van der Waals surface area contributed by atoms with Crippen molar-refractivity contribution >= 4 is 47.7 Å². The minimum Gasteiger partial charge on any atom is -0.490 e. The highest BCUT2D eigenvalue weighted by Crippen LogP contribution is 2.37. The minimum absolute atomic E-state index is 0.00997. The predicted octanol–water partition coefficient (Wildman–Crippen LogP) is 11.4. The number of nitrogens with one attached hydrogen (secondary N) is 4. The molecule has 18 heteroatoms. The zero-order valence-corrected chi connectivity index (χ0v) is 44.8. The predicted molar refractivity (Wildman–Crippen MR) is 295 cm³/mol. The van der Waals surface area contributed by atoms with E-state index in [1.54, 1.807) is 76.2 Å². The van der Waals surface area contributed by atoms with Gasteiger partial charge in [0.1, 0.15) is 62.7 Å². The van der Waals surface area contributed by atoms with Gasteiger partial charge in [-0.05, 0) is 122 Å². The summed E-state index contributed by atoms with van der Waals surface area (Å²) in [6.45, 7) is 33.5. The number of esters is 2. The Balaban J connectivity index is 0.000000406. The molecule has 77 heavy (non-hydrogen) atoms. The van der Waals surface area contributed by atoms with Gasteiger partial charge in [-0.2, -0.15) is 0 Å². The summed E-state index contributed by atoms with van der Waals surface area (Å²) in [4.78, 5) is 70.6. The SMILES string of the molecule is C=C(C)C(=C)OCCOC(=O)Nc1ccc(Cc2ccc(NC(=O)OCCOC(=C)C(=C)C)cc2)cc1.C=C(C)C(=O)OCCNC(=O)Oc1ccc(C(C)(CC)c2ccc(OC(=O)NCCOC(=O)C(=C)C)cc2)cc1. The summed E-state index contributed by atoms with van der Waals surface area (Å²) in [6, 6.07) is 29.3. The molecular weight excluding hydrogens is 989 g/mol. The van der Waals surface area contributed by atoms with Gasteiger partial charge in [-0.25, -0.2) is 28.8 Å². The number of rotatable bonds is 27. The van der Waals surface area contributed by atoms with Crippen molar-refractivity contribution in [1.29, 1.82) is 0 Å². The number of carbonyl (C=O) groups excluding carboxylic acids is 6. The van der Waals surface area contributed by atoms with Gasteiger partial charge in [-0.3, -0.25) is 10.6 Å². The fraction of sp³-hybridized carbons (Fsp3) is 0.288. The van der Waals surface area contributed by atoms with E-state index in [-0.39, 0.29) is 69.3 Å². The van der Waals surface area contributed by atoms with E-state index in [9.17, 15) is 28.8 Å². The van der Waals surface area contributed by atoms with Crippen LogP contribution in [0.15, 0.2) is 170 Å². The molecule has 410 valence electrons. The van der Waals surface area contributed by atoms with Gasteiger partial charge in [0.2, 0.25) is 0 Å². The average Bonchev–Trinajstić information content (AvgIpc) is 3.40. The molecule has 0 aliphatic heterocycles. The van der Waals surface area contributed by atoms with E-state index in [0.29, 0.717) is 40.8 Å². The Labute approximate surface area is 450 Å². The zero-order valence-electron chi connectivity index (χ0n) is 44.8. The molecular formula is C59H70N4O14. The summed E-state index contributed by atoms with van der Waals surface area (Å²) < 4.78 is 41.2. The molecule has 0 heterocycles. The largest absolute Gasteiger partial charge is 0.490 e. The molecule has 0 bridgehead atoms. The van der Waals surface area contributed by atoms with Crippen molar-refractivity contribution in [3.63, 3.8) is 0 Å². The Kier molecular flexibility index (Phi) is 26.1. The van der Waals surface area contributed by atoms with Crippen molar-refractivity contribution < 1.29 is 66.7 Å². The molecule has 0 saturated carbocycles. The zero-order chi connectivity index (χ0) is 56.9. The lowest BCUT2D eigenvalue weighted by Crippen LogP contribution is -2.30. The summed E-state index contributed by atoms with van der Waals surface area (Å²) in [7, 11) is 0. The maximum atomic E-state index is 12.0. The van der Waals surface area contributed by atoms with Crippen molar-refractivity contribution in [2.75, 3.05) is 63.4 Å². The van der Waals surface area contributed by atoms with Gasteiger partial charge in [-0.15, -0.1) is 0 Å². The lowest BCUT2D eigenvalue weighted by molar-refractivity contribution is -0.139. The minimum atomic E-state index is -0.662. The van der Waals surface area contributed by atoms with E-state index in [2.05, 4.69) is 74.6 Å². The van der Waals surface area contributed by atoms with Gasteiger partial charge in [-0.1, -0.05) is 102 Å². The number of benzene rings is 4. The molecule has 4 aromatic rings. The quantitative estimate of drug-likeness (QED) is 0.0109. The topological polar surface area (TPSA) is 224 Å². The summed E-state index contributed by atoms with van der Waals surface area (Å²) in [5.74, 6) is 0.624. The van der Waals surface area contributed by atoms with Crippen LogP contribution in [-0.4, -0.2) is 89.0 Å². The third kappa shape index (κ3) is 23.4. The highest BCUT2D eigenvalue weighted by atomic mass is 16.6. The first kappa shape index (κ1) is 62.2. The van der Waals surface area contributed by atoms with Gasteiger partial charge in [0.25, 0.3) is 0 Å². The Hall–Kier alpha value is -9.06. The Morgan fingerprint density at radius 1 is 0.429 bits per heavy atom. The van der Waals surface area contributed by atoms with Crippen LogP contribution in [0.25, 0.3) is 0 Å². The van der Waals surface area contributed by atoms with Gasteiger partial charge >= 0.3 is 36.3 Å². The molecule has 0 aliphatic rings.